The number of benzene rings is 1. The molecule has 0 aliphatic rings. The second-order valence-corrected chi connectivity index (χ2v) is 5.47. The van der Waals surface area contributed by atoms with Crippen LogP contribution in [0, 0.1) is 5.82 Å². The zero-order chi connectivity index (χ0) is 13.1. The monoisotopic (exact) mass is 373 g/mol. The number of nitrogens with two attached hydrogens (primary N) is 1. The second-order valence-electron chi connectivity index (χ2n) is 3.70. The van der Waals surface area contributed by atoms with Gasteiger partial charge in [-0.25, -0.2) is 9.82 Å². The minimum absolute atomic E-state index is 0.333. The Morgan fingerprint density at radius 1 is 1.22 bits per heavy atom. The summed E-state index contributed by atoms with van der Waals surface area (Å²) < 4.78 is 15.0. The molecule has 0 aliphatic carbocycles. The van der Waals surface area contributed by atoms with Crippen LogP contribution >= 0.6 is 31.9 Å². The van der Waals surface area contributed by atoms with Gasteiger partial charge in [0.2, 0.25) is 0 Å². The van der Waals surface area contributed by atoms with Crippen molar-refractivity contribution in [3.05, 3.63) is 62.5 Å². The van der Waals surface area contributed by atoms with Crippen LogP contribution in [0.4, 0.5) is 4.39 Å². The summed E-state index contributed by atoms with van der Waals surface area (Å²) in [7, 11) is 0. The first-order valence-corrected chi connectivity index (χ1v) is 6.72. The summed E-state index contributed by atoms with van der Waals surface area (Å²) in [6, 6.07) is 6.80. The third-order valence-corrected chi connectivity index (χ3v) is 3.71. The van der Waals surface area contributed by atoms with Gasteiger partial charge in [-0.2, -0.15) is 0 Å². The zero-order valence-corrected chi connectivity index (χ0v) is 12.4. The molecule has 94 valence electrons. The van der Waals surface area contributed by atoms with Crippen LogP contribution in [0.5, 0.6) is 0 Å². The van der Waals surface area contributed by atoms with E-state index in [9.17, 15) is 4.39 Å². The Labute approximate surface area is 121 Å². The Bertz CT molecular complexity index is 563. The smallest absolute Gasteiger partial charge is 0.141 e. The summed E-state index contributed by atoms with van der Waals surface area (Å²) in [6.07, 6.45) is 2.74. The maximum atomic E-state index is 13.2. The summed E-state index contributed by atoms with van der Waals surface area (Å²) in [6.45, 7) is 0. The molecular formula is C12H10Br2FN3. The normalized spacial score (nSPS) is 12.4. The van der Waals surface area contributed by atoms with Crippen molar-refractivity contribution in [1.29, 1.82) is 0 Å². The van der Waals surface area contributed by atoms with Crippen LogP contribution < -0.4 is 11.3 Å². The highest BCUT2D eigenvalue weighted by atomic mass is 79.9. The third-order valence-electron chi connectivity index (χ3n) is 2.50. The van der Waals surface area contributed by atoms with E-state index in [1.165, 1.54) is 6.07 Å². The van der Waals surface area contributed by atoms with Gasteiger partial charge in [0.05, 0.1) is 12.2 Å². The molecule has 18 heavy (non-hydrogen) atoms. The molecule has 0 bridgehead atoms. The summed E-state index contributed by atoms with van der Waals surface area (Å²) in [5.74, 6) is 5.18. The van der Waals surface area contributed by atoms with Crippen LogP contribution in [0.1, 0.15) is 17.2 Å². The van der Waals surface area contributed by atoms with Gasteiger partial charge in [-0.15, -0.1) is 0 Å². The molecule has 0 saturated carbocycles. The molecule has 0 saturated heterocycles. The molecular weight excluding hydrogens is 365 g/mol. The molecule has 1 aromatic heterocycles. The summed E-state index contributed by atoms with van der Waals surface area (Å²) in [5, 5.41) is 0. The minimum atomic E-state index is -0.390. The number of halogens is 3. The van der Waals surface area contributed by atoms with Gasteiger partial charge in [-0.3, -0.25) is 10.8 Å². The first-order chi connectivity index (χ1) is 8.61. The molecule has 0 spiro atoms. The number of hydrogen-bond acceptors (Lipinski definition) is 3. The predicted octanol–water partition coefficient (Wildman–Crippen LogP) is 3.30. The van der Waals surface area contributed by atoms with Gasteiger partial charge in [-0.1, -0.05) is 31.9 Å². The summed E-state index contributed by atoms with van der Waals surface area (Å²) in [5.41, 5.74) is 4.24. The maximum Gasteiger partial charge on any atom is 0.141 e. The largest absolute Gasteiger partial charge is 0.271 e. The van der Waals surface area contributed by atoms with Gasteiger partial charge < -0.3 is 0 Å². The molecule has 0 amide bonds. The zero-order valence-electron chi connectivity index (χ0n) is 9.20. The van der Waals surface area contributed by atoms with Crippen molar-refractivity contribution in [3.8, 4) is 0 Å². The molecule has 0 fully saturated rings. The predicted molar refractivity (Wildman–Crippen MR) is 75.2 cm³/mol. The van der Waals surface area contributed by atoms with Crippen molar-refractivity contribution in [2.24, 2.45) is 5.84 Å². The average molecular weight is 375 g/mol. The molecule has 0 aliphatic heterocycles. The van der Waals surface area contributed by atoms with Crippen LogP contribution in [-0.2, 0) is 0 Å². The Morgan fingerprint density at radius 2 is 2.00 bits per heavy atom. The molecule has 3 N–H and O–H groups in total. The fraction of sp³-hybridized carbons (Fsp3) is 0.0833. The highest BCUT2D eigenvalue weighted by Gasteiger charge is 2.16. The average Bonchev–Trinajstić information content (AvgIpc) is 2.35. The number of nitrogens with one attached hydrogen (secondary N) is 1. The van der Waals surface area contributed by atoms with Crippen molar-refractivity contribution >= 4 is 31.9 Å². The van der Waals surface area contributed by atoms with E-state index in [1.807, 2.05) is 18.2 Å². The van der Waals surface area contributed by atoms with E-state index in [4.69, 9.17) is 5.84 Å². The van der Waals surface area contributed by atoms with Gasteiger partial charge in [0.25, 0.3) is 0 Å². The van der Waals surface area contributed by atoms with E-state index in [1.54, 1.807) is 6.20 Å². The molecule has 1 heterocycles. The van der Waals surface area contributed by atoms with E-state index in [-0.39, 0.29) is 11.9 Å². The third kappa shape index (κ3) is 2.95. The minimum Gasteiger partial charge on any atom is -0.271 e. The van der Waals surface area contributed by atoms with Crippen molar-refractivity contribution in [1.82, 2.24) is 10.4 Å². The molecule has 0 radical (unpaired) electrons. The van der Waals surface area contributed by atoms with Crippen molar-refractivity contribution in [2.45, 2.75) is 6.04 Å². The van der Waals surface area contributed by atoms with Crippen LogP contribution in [-0.4, -0.2) is 4.98 Å². The number of nitrogens with zero attached hydrogens (tertiary/aromatic N) is 1. The summed E-state index contributed by atoms with van der Waals surface area (Å²) >= 11 is 6.86. The fourth-order valence-corrected chi connectivity index (χ4v) is 2.54. The first-order valence-electron chi connectivity index (χ1n) is 5.13. The van der Waals surface area contributed by atoms with Gasteiger partial charge >= 0.3 is 0 Å². The highest BCUT2D eigenvalue weighted by Crippen LogP contribution is 2.30. The number of hydrazine groups is 1. The van der Waals surface area contributed by atoms with Crippen LogP contribution in [0.2, 0.25) is 0 Å². The lowest BCUT2D eigenvalue weighted by atomic mass is 10.0. The van der Waals surface area contributed by atoms with Crippen molar-refractivity contribution in [2.75, 3.05) is 0 Å². The van der Waals surface area contributed by atoms with E-state index < -0.39 is 0 Å². The Hall–Kier alpha value is -0.820. The van der Waals surface area contributed by atoms with E-state index in [0.29, 0.717) is 5.56 Å². The summed E-state index contributed by atoms with van der Waals surface area (Å²) in [4.78, 5) is 3.83. The first kappa shape index (κ1) is 13.6. The standard InChI is InChI=1S/C12H10Br2FN3/c13-8-1-2-11(14)10(4-8)12(18-16)7-3-9(15)6-17-5-7/h1-6,12,18H,16H2. The Morgan fingerprint density at radius 3 is 2.67 bits per heavy atom. The lowest BCUT2D eigenvalue weighted by Gasteiger charge is -2.18. The fourth-order valence-electron chi connectivity index (χ4n) is 1.69. The Balaban J connectivity index is 2.48. The quantitative estimate of drug-likeness (QED) is 0.640. The number of aromatic nitrogens is 1. The molecule has 3 nitrogen and oxygen atoms in total. The Kier molecular flexibility index (Phi) is 4.45. The van der Waals surface area contributed by atoms with Crippen LogP contribution in [0.3, 0.4) is 0 Å². The van der Waals surface area contributed by atoms with E-state index in [0.717, 1.165) is 20.7 Å². The van der Waals surface area contributed by atoms with Crippen molar-refractivity contribution in [3.63, 3.8) is 0 Å². The lowest BCUT2D eigenvalue weighted by molar-refractivity contribution is 0.597. The van der Waals surface area contributed by atoms with E-state index >= 15 is 0 Å². The maximum absolute atomic E-state index is 13.2. The van der Waals surface area contributed by atoms with Gasteiger partial charge in [0.15, 0.2) is 0 Å². The number of rotatable bonds is 3. The van der Waals surface area contributed by atoms with Gasteiger partial charge in [-0.05, 0) is 35.4 Å². The molecule has 1 aromatic carbocycles. The number of pyridine rings is 1. The molecule has 1 unspecified atom stereocenters. The molecule has 1 atom stereocenters. The SMILES string of the molecule is NNC(c1cncc(F)c1)c1cc(Br)ccc1Br. The van der Waals surface area contributed by atoms with Crippen LogP contribution in [0.15, 0.2) is 45.6 Å². The van der Waals surface area contributed by atoms with Gasteiger partial charge in [0.1, 0.15) is 5.82 Å². The second kappa shape index (κ2) is 5.88. The molecule has 2 rings (SSSR count). The highest BCUT2D eigenvalue weighted by molar-refractivity contribution is 9.11. The molecule has 2 aromatic rings. The van der Waals surface area contributed by atoms with Crippen LogP contribution in [0.25, 0.3) is 0 Å². The molecule has 6 heteroatoms. The number of hydrogen-bond donors (Lipinski definition) is 2. The van der Waals surface area contributed by atoms with Gasteiger partial charge in [0, 0.05) is 15.1 Å². The topological polar surface area (TPSA) is 50.9 Å². The van der Waals surface area contributed by atoms with Crippen molar-refractivity contribution < 1.29 is 4.39 Å². The lowest BCUT2D eigenvalue weighted by Crippen LogP contribution is -2.29. The van der Waals surface area contributed by atoms with E-state index in [2.05, 4.69) is 42.3 Å².